The Morgan fingerprint density at radius 1 is 1.30 bits per heavy atom. The molecule has 2 unspecified atom stereocenters. The Balaban J connectivity index is 1.66. The van der Waals surface area contributed by atoms with Crippen molar-refractivity contribution in [3.63, 3.8) is 0 Å². The van der Waals surface area contributed by atoms with Crippen molar-refractivity contribution in [2.75, 3.05) is 26.8 Å². The topological polar surface area (TPSA) is 50.7 Å². The molecule has 0 bridgehead atoms. The Hall–Kier alpha value is -0.160. The van der Waals surface area contributed by atoms with Crippen LogP contribution in [0.3, 0.4) is 0 Å². The summed E-state index contributed by atoms with van der Waals surface area (Å²) in [5.41, 5.74) is -0.452. The number of hydrogen-bond acceptors (Lipinski definition) is 4. The molecule has 4 heteroatoms. The van der Waals surface area contributed by atoms with Crippen molar-refractivity contribution in [2.45, 2.75) is 75.6 Å². The van der Waals surface area contributed by atoms with Gasteiger partial charge in [0, 0.05) is 20.1 Å². The molecule has 1 aliphatic heterocycles. The molecule has 0 aromatic carbocycles. The lowest BCUT2D eigenvalue weighted by molar-refractivity contribution is -0.0728. The second kappa shape index (κ2) is 7.21. The van der Waals surface area contributed by atoms with Crippen LogP contribution in [0.2, 0.25) is 0 Å². The number of aliphatic hydroxyl groups is 1. The van der Waals surface area contributed by atoms with Crippen LogP contribution in [0.5, 0.6) is 0 Å². The van der Waals surface area contributed by atoms with Gasteiger partial charge >= 0.3 is 0 Å². The van der Waals surface area contributed by atoms with E-state index in [0.717, 1.165) is 39.0 Å². The van der Waals surface area contributed by atoms with E-state index in [-0.39, 0.29) is 11.7 Å². The monoisotopic (exact) mass is 285 g/mol. The maximum Gasteiger partial charge on any atom is 0.0687 e. The summed E-state index contributed by atoms with van der Waals surface area (Å²) in [6, 6.07) is 0. The zero-order valence-corrected chi connectivity index (χ0v) is 13.1. The average molecular weight is 285 g/mol. The molecule has 1 aliphatic carbocycles. The standard InChI is InChI=1S/C16H31NO3/c1-15(18,9-10-17-11-12-19-2)13-14-5-8-16(20-14)6-3-4-7-16/h14,17-18H,3-13H2,1-2H3. The molecule has 0 aromatic heterocycles. The molecule has 2 N–H and O–H groups in total. The van der Waals surface area contributed by atoms with E-state index in [1.807, 2.05) is 6.92 Å². The normalized spacial score (nSPS) is 28.1. The molecule has 1 saturated carbocycles. The zero-order valence-electron chi connectivity index (χ0n) is 13.1. The Morgan fingerprint density at radius 3 is 2.75 bits per heavy atom. The van der Waals surface area contributed by atoms with E-state index in [9.17, 15) is 5.11 Å². The van der Waals surface area contributed by atoms with Crippen molar-refractivity contribution >= 4 is 0 Å². The van der Waals surface area contributed by atoms with Gasteiger partial charge in [0.2, 0.25) is 0 Å². The van der Waals surface area contributed by atoms with E-state index in [0.29, 0.717) is 0 Å². The number of methoxy groups -OCH3 is 1. The summed E-state index contributed by atoms with van der Waals surface area (Å²) >= 11 is 0. The highest BCUT2D eigenvalue weighted by atomic mass is 16.5. The van der Waals surface area contributed by atoms with Gasteiger partial charge in [-0.2, -0.15) is 0 Å². The van der Waals surface area contributed by atoms with E-state index >= 15 is 0 Å². The lowest BCUT2D eigenvalue weighted by Crippen LogP contribution is -2.35. The summed E-state index contributed by atoms with van der Waals surface area (Å²) in [5.74, 6) is 0. The summed E-state index contributed by atoms with van der Waals surface area (Å²) in [7, 11) is 1.70. The van der Waals surface area contributed by atoms with Gasteiger partial charge in [0.1, 0.15) is 0 Å². The predicted octanol–water partition coefficient (Wildman–Crippen LogP) is 2.25. The fourth-order valence-corrected chi connectivity index (χ4v) is 3.68. The highest BCUT2D eigenvalue weighted by Gasteiger charge is 2.43. The van der Waals surface area contributed by atoms with Gasteiger partial charge in [-0.25, -0.2) is 0 Å². The first-order chi connectivity index (χ1) is 9.55. The number of ether oxygens (including phenoxy) is 2. The Bertz CT molecular complexity index is 287. The second-order valence-corrected chi connectivity index (χ2v) is 6.86. The summed E-state index contributed by atoms with van der Waals surface area (Å²) in [6.45, 7) is 4.33. The van der Waals surface area contributed by atoms with Crippen LogP contribution < -0.4 is 5.32 Å². The van der Waals surface area contributed by atoms with E-state index in [4.69, 9.17) is 9.47 Å². The summed E-state index contributed by atoms with van der Waals surface area (Å²) in [6.07, 6.45) is 9.17. The first-order valence-electron chi connectivity index (χ1n) is 8.15. The maximum absolute atomic E-state index is 10.5. The quantitative estimate of drug-likeness (QED) is 0.672. The van der Waals surface area contributed by atoms with E-state index in [1.165, 1.54) is 32.1 Å². The second-order valence-electron chi connectivity index (χ2n) is 6.86. The minimum atomic E-state index is -0.630. The lowest BCUT2D eigenvalue weighted by Gasteiger charge is -2.29. The largest absolute Gasteiger partial charge is 0.390 e. The van der Waals surface area contributed by atoms with Gasteiger partial charge in [-0.3, -0.25) is 0 Å². The van der Waals surface area contributed by atoms with Gasteiger partial charge in [0.15, 0.2) is 0 Å². The van der Waals surface area contributed by atoms with Crippen molar-refractivity contribution in [1.29, 1.82) is 0 Å². The van der Waals surface area contributed by atoms with Crippen LogP contribution >= 0.6 is 0 Å². The Labute approximate surface area is 123 Å². The first kappa shape index (κ1) is 16.2. The van der Waals surface area contributed by atoms with Gasteiger partial charge in [0.25, 0.3) is 0 Å². The number of nitrogens with one attached hydrogen (secondary N) is 1. The third kappa shape index (κ3) is 4.69. The molecule has 2 fully saturated rings. The molecule has 2 aliphatic rings. The minimum absolute atomic E-state index is 0.178. The molecule has 0 radical (unpaired) electrons. The number of rotatable bonds is 8. The zero-order chi connectivity index (χ0) is 14.5. The van der Waals surface area contributed by atoms with Crippen LogP contribution in [0.25, 0.3) is 0 Å². The van der Waals surface area contributed by atoms with Crippen LogP contribution in [0.1, 0.15) is 58.3 Å². The molecule has 1 saturated heterocycles. The fraction of sp³-hybridized carbons (Fsp3) is 1.00. The predicted molar refractivity (Wildman–Crippen MR) is 79.9 cm³/mol. The molecule has 20 heavy (non-hydrogen) atoms. The van der Waals surface area contributed by atoms with Crippen LogP contribution in [0.15, 0.2) is 0 Å². The number of hydrogen-bond donors (Lipinski definition) is 2. The van der Waals surface area contributed by atoms with Crippen molar-refractivity contribution in [3.8, 4) is 0 Å². The molecular formula is C16H31NO3. The van der Waals surface area contributed by atoms with E-state index < -0.39 is 5.60 Å². The molecule has 1 heterocycles. The smallest absolute Gasteiger partial charge is 0.0687 e. The lowest BCUT2D eigenvalue weighted by atomic mass is 9.92. The van der Waals surface area contributed by atoms with Crippen molar-refractivity contribution in [1.82, 2.24) is 5.32 Å². The van der Waals surface area contributed by atoms with E-state index in [2.05, 4.69) is 5.32 Å². The van der Waals surface area contributed by atoms with Gasteiger partial charge in [-0.1, -0.05) is 12.8 Å². The third-order valence-corrected chi connectivity index (χ3v) is 4.84. The van der Waals surface area contributed by atoms with Crippen molar-refractivity contribution < 1.29 is 14.6 Å². The highest BCUT2D eigenvalue weighted by Crippen LogP contribution is 2.44. The van der Waals surface area contributed by atoms with Crippen LogP contribution in [-0.2, 0) is 9.47 Å². The third-order valence-electron chi connectivity index (χ3n) is 4.84. The molecular weight excluding hydrogens is 254 g/mol. The Kier molecular flexibility index (Phi) is 5.84. The summed E-state index contributed by atoms with van der Waals surface area (Å²) in [5, 5.41) is 13.8. The van der Waals surface area contributed by atoms with Gasteiger partial charge in [0.05, 0.1) is 23.9 Å². The molecule has 1 spiro atoms. The highest BCUT2D eigenvalue weighted by molar-refractivity contribution is 4.94. The molecule has 0 aromatic rings. The maximum atomic E-state index is 10.5. The SMILES string of the molecule is COCCNCCC(C)(O)CC1CCC2(CCCC2)O1. The average Bonchev–Trinajstić information content (AvgIpc) is 3.00. The summed E-state index contributed by atoms with van der Waals surface area (Å²) in [4.78, 5) is 0. The molecule has 2 atom stereocenters. The van der Waals surface area contributed by atoms with Crippen LogP contribution in [0, 0.1) is 0 Å². The van der Waals surface area contributed by atoms with Crippen molar-refractivity contribution in [3.05, 3.63) is 0 Å². The van der Waals surface area contributed by atoms with Gasteiger partial charge in [-0.05, 0) is 45.6 Å². The molecule has 2 rings (SSSR count). The van der Waals surface area contributed by atoms with Crippen LogP contribution in [0.4, 0.5) is 0 Å². The minimum Gasteiger partial charge on any atom is -0.390 e. The summed E-state index contributed by atoms with van der Waals surface area (Å²) < 4.78 is 11.3. The van der Waals surface area contributed by atoms with Gasteiger partial charge < -0.3 is 19.9 Å². The molecule has 4 nitrogen and oxygen atoms in total. The Morgan fingerprint density at radius 2 is 2.05 bits per heavy atom. The van der Waals surface area contributed by atoms with Gasteiger partial charge in [-0.15, -0.1) is 0 Å². The molecule has 118 valence electrons. The van der Waals surface area contributed by atoms with Crippen LogP contribution in [-0.4, -0.2) is 49.2 Å². The van der Waals surface area contributed by atoms with Crippen molar-refractivity contribution in [2.24, 2.45) is 0 Å². The first-order valence-corrected chi connectivity index (χ1v) is 8.15. The van der Waals surface area contributed by atoms with E-state index in [1.54, 1.807) is 7.11 Å². The fourth-order valence-electron chi connectivity index (χ4n) is 3.68. The molecule has 0 amide bonds.